The SMILES string of the molecule is O=CC(c1ccccc1)C(c1ccccc1)c1ccccc1. The fourth-order valence-corrected chi connectivity index (χ4v) is 2.95. The summed E-state index contributed by atoms with van der Waals surface area (Å²) in [4.78, 5) is 11.9. The van der Waals surface area contributed by atoms with Crippen LogP contribution in [0.15, 0.2) is 91.0 Å². The van der Waals surface area contributed by atoms with Crippen LogP contribution >= 0.6 is 0 Å². The molecule has 0 saturated heterocycles. The molecule has 0 saturated carbocycles. The van der Waals surface area contributed by atoms with Crippen LogP contribution in [0.3, 0.4) is 0 Å². The number of carbonyl (C=O) groups is 1. The average molecular weight is 286 g/mol. The molecule has 3 aromatic rings. The van der Waals surface area contributed by atoms with Crippen molar-refractivity contribution < 1.29 is 4.79 Å². The summed E-state index contributed by atoms with van der Waals surface area (Å²) in [6.45, 7) is 0. The molecule has 0 aromatic heterocycles. The van der Waals surface area contributed by atoms with E-state index in [1.165, 1.54) is 0 Å². The smallest absolute Gasteiger partial charge is 0.128 e. The predicted molar refractivity (Wildman–Crippen MR) is 90.0 cm³/mol. The van der Waals surface area contributed by atoms with Crippen LogP contribution < -0.4 is 0 Å². The molecule has 0 amide bonds. The van der Waals surface area contributed by atoms with Crippen LogP contribution in [-0.4, -0.2) is 6.29 Å². The third-order valence-corrected chi connectivity index (χ3v) is 4.01. The quantitative estimate of drug-likeness (QED) is 0.616. The van der Waals surface area contributed by atoms with Gasteiger partial charge in [0, 0.05) is 5.92 Å². The molecule has 0 radical (unpaired) electrons. The topological polar surface area (TPSA) is 17.1 Å². The van der Waals surface area contributed by atoms with Gasteiger partial charge in [-0.15, -0.1) is 0 Å². The zero-order chi connectivity index (χ0) is 15.2. The number of benzene rings is 3. The van der Waals surface area contributed by atoms with Crippen molar-refractivity contribution in [2.75, 3.05) is 0 Å². The van der Waals surface area contributed by atoms with Gasteiger partial charge in [-0.25, -0.2) is 0 Å². The average Bonchev–Trinajstić information content (AvgIpc) is 2.62. The van der Waals surface area contributed by atoms with Crippen LogP contribution in [0.2, 0.25) is 0 Å². The van der Waals surface area contributed by atoms with Crippen molar-refractivity contribution in [3.63, 3.8) is 0 Å². The Kier molecular flexibility index (Phi) is 4.45. The van der Waals surface area contributed by atoms with Gasteiger partial charge in [0.2, 0.25) is 0 Å². The van der Waals surface area contributed by atoms with Gasteiger partial charge in [-0.05, 0) is 16.7 Å². The Balaban J connectivity index is 2.11. The van der Waals surface area contributed by atoms with Crippen LogP contribution in [0, 0.1) is 0 Å². The summed E-state index contributed by atoms with van der Waals surface area (Å²) in [5, 5.41) is 0. The lowest BCUT2D eigenvalue weighted by Gasteiger charge is -2.24. The molecule has 0 aliphatic heterocycles. The molecule has 108 valence electrons. The lowest BCUT2D eigenvalue weighted by molar-refractivity contribution is -0.109. The van der Waals surface area contributed by atoms with Crippen molar-refractivity contribution in [1.82, 2.24) is 0 Å². The second kappa shape index (κ2) is 6.86. The van der Waals surface area contributed by atoms with Crippen molar-refractivity contribution in [3.05, 3.63) is 108 Å². The molecule has 1 heteroatoms. The lowest BCUT2D eigenvalue weighted by atomic mass is 9.78. The van der Waals surface area contributed by atoms with Gasteiger partial charge in [0.25, 0.3) is 0 Å². The predicted octanol–water partition coefficient (Wildman–Crippen LogP) is 4.80. The molecular weight excluding hydrogens is 268 g/mol. The molecule has 22 heavy (non-hydrogen) atoms. The Morgan fingerprint density at radius 2 is 0.909 bits per heavy atom. The van der Waals surface area contributed by atoms with Crippen molar-refractivity contribution >= 4 is 6.29 Å². The summed E-state index contributed by atoms with van der Waals surface area (Å²) in [5.41, 5.74) is 3.37. The monoisotopic (exact) mass is 286 g/mol. The van der Waals surface area contributed by atoms with Gasteiger partial charge in [0.15, 0.2) is 0 Å². The molecule has 0 spiro atoms. The fraction of sp³-hybridized carbons (Fsp3) is 0.0952. The summed E-state index contributed by atoms with van der Waals surface area (Å²) in [5.74, 6) is -0.159. The van der Waals surface area contributed by atoms with Crippen molar-refractivity contribution in [2.45, 2.75) is 11.8 Å². The summed E-state index contributed by atoms with van der Waals surface area (Å²) < 4.78 is 0. The molecule has 0 heterocycles. The largest absolute Gasteiger partial charge is 0.303 e. The number of aldehydes is 1. The van der Waals surface area contributed by atoms with E-state index in [4.69, 9.17) is 0 Å². The standard InChI is InChI=1S/C21H18O/c22-16-20(17-10-4-1-5-11-17)21(18-12-6-2-7-13-18)19-14-8-3-9-15-19/h1-16,20-21H. The number of hydrogen-bond donors (Lipinski definition) is 0. The Morgan fingerprint density at radius 3 is 1.27 bits per heavy atom. The first-order valence-electron chi connectivity index (χ1n) is 7.50. The molecule has 0 aliphatic rings. The second-order valence-electron chi connectivity index (χ2n) is 5.37. The highest BCUT2D eigenvalue weighted by Crippen LogP contribution is 2.37. The normalized spacial score (nSPS) is 12.0. The molecule has 3 rings (SSSR count). The minimum absolute atomic E-state index is 0.0299. The van der Waals surface area contributed by atoms with Crippen molar-refractivity contribution in [1.29, 1.82) is 0 Å². The summed E-state index contributed by atoms with van der Waals surface area (Å²) >= 11 is 0. The Morgan fingerprint density at radius 1 is 0.545 bits per heavy atom. The van der Waals surface area contributed by atoms with Gasteiger partial charge < -0.3 is 4.79 Å². The molecule has 0 fully saturated rings. The van der Waals surface area contributed by atoms with Crippen LogP contribution in [0.25, 0.3) is 0 Å². The zero-order valence-corrected chi connectivity index (χ0v) is 12.3. The van der Waals surface area contributed by atoms with E-state index in [1.54, 1.807) is 0 Å². The third kappa shape index (κ3) is 2.99. The van der Waals surface area contributed by atoms with E-state index >= 15 is 0 Å². The molecule has 1 atom stereocenters. The molecule has 0 N–H and O–H groups in total. The van der Waals surface area contributed by atoms with Gasteiger partial charge in [-0.2, -0.15) is 0 Å². The maximum atomic E-state index is 11.9. The maximum absolute atomic E-state index is 11.9. The summed E-state index contributed by atoms with van der Waals surface area (Å²) in [7, 11) is 0. The van der Waals surface area contributed by atoms with Gasteiger partial charge in [0.05, 0.1) is 5.92 Å². The van der Waals surface area contributed by atoms with E-state index in [0.29, 0.717) is 0 Å². The molecule has 0 aliphatic carbocycles. The third-order valence-electron chi connectivity index (χ3n) is 4.01. The van der Waals surface area contributed by atoms with Gasteiger partial charge in [-0.1, -0.05) is 91.0 Å². The molecule has 1 unspecified atom stereocenters. The minimum Gasteiger partial charge on any atom is -0.303 e. The maximum Gasteiger partial charge on any atom is 0.128 e. The van der Waals surface area contributed by atoms with Crippen LogP contribution in [-0.2, 0) is 4.79 Å². The Bertz CT molecular complexity index is 665. The summed E-state index contributed by atoms with van der Waals surface area (Å²) in [6, 6.07) is 30.5. The van der Waals surface area contributed by atoms with Crippen LogP contribution in [0.5, 0.6) is 0 Å². The van der Waals surface area contributed by atoms with Gasteiger partial charge >= 0.3 is 0 Å². The van der Waals surface area contributed by atoms with Crippen molar-refractivity contribution in [2.24, 2.45) is 0 Å². The van der Waals surface area contributed by atoms with Crippen LogP contribution in [0.1, 0.15) is 28.5 Å². The zero-order valence-electron chi connectivity index (χ0n) is 12.3. The second-order valence-corrected chi connectivity index (χ2v) is 5.37. The number of carbonyl (C=O) groups excluding carboxylic acids is 1. The first kappa shape index (κ1) is 14.3. The first-order chi connectivity index (χ1) is 10.9. The molecule has 0 bridgehead atoms. The summed E-state index contributed by atoms with van der Waals surface area (Å²) in [6.07, 6.45) is 1.07. The fourth-order valence-electron chi connectivity index (χ4n) is 2.95. The van der Waals surface area contributed by atoms with E-state index in [2.05, 4.69) is 24.3 Å². The highest BCUT2D eigenvalue weighted by atomic mass is 16.1. The first-order valence-corrected chi connectivity index (χ1v) is 7.50. The van der Waals surface area contributed by atoms with E-state index in [0.717, 1.165) is 23.0 Å². The lowest BCUT2D eigenvalue weighted by Crippen LogP contribution is -2.14. The van der Waals surface area contributed by atoms with Gasteiger partial charge in [-0.3, -0.25) is 0 Å². The van der Waals surface area contributed by atoms with Crippen LogP contribution in [0.4, 0.5) is 0 Å². The number of hydrogen-bond acceptors (Lipinski definition) is 1. The van der Waals surface area contributed by atoms with E-state index in [1.807, 2.05) is 66.7 Å². The van der Waals surface area contributed by atoms with Crippen molar-refractivity contribution in [3.8, 4) is 0 Å². The van der Waals surface area contributed by atoms with E-state index in [-0.39, 0.29) is 11.8 Å². The molecular formula is C21H18O. The van der Waals surface area contributed by atoms with E-state index in [9.17, 15) is 4.79 Å². The Hall–Kier alpha value is -2.67. The Labute approximate surface area is 131 Å². The highest BCUT2D eigenvalue weighted by molar-refractivity contribution is 5.66. The minimum atomic E-state index is -0.189. The highest BCUT2D eigenvalue weighted by Gasteiger charge is 2.25. The van der Waals surface area contributed by atoms with Gasteiger partial charge in [0.1, 0.15) is 6.29 Å². The molecule has 3 aromatic carbocycles. The molecule has 1 nitrogen and oxygen atoms in total. The number of rotatable bonds is 5. The van der Waals surface area contributed by atoms with E-state index < -0.39 is 0 Å².